The van der Waals surface area contributed by atoms with E-state index in [1.54, 1.807) is 0 Å². The second-order valence-electron chi connectivity index (χ2n) is 2.13. The Labute approximate surface area is 73.6 Å². The SMILES string of the molecule is CC.O=S(=O)(O)N1CCNCC1. The van der Waals surface area contributed by atoms with Crippen molar-refractivity contribution < 1.29 is 13.0 Å². The fourth-order valence-electron chi connectivity index (χ4n) is 0.875. The van der Waals surface area contributed by atoms with E-state index in [9.17, 15) is 8.42 Å². The zero-order valence-electron chi connectivity index (χ0n) is 7.45. The van der Waals surface area contributed by atoms with E-state index in [1.165, 1.54) is 0 Å². The summed E-state index contributed by atoms with van der Waals surface area (Å²) in [7, 11) is -3.93. The van der Waals surface area contributed by atoms with Crippen LogP contribution in [0.4, 0.5) is 0 Å². The Morgan fingerprint density at radius 3 is 1.92 bits per heavy atom. The van der Waals surface area contributed by atoms with E-state index in [2.05, 4.69) is 5.32 Å². The highest BCUT2D eigenvalue weighted by molar-refractivity contribution is 7.83. The van der Waals surface area contributed by atoms with Crippen LogP contribution in [0.5, 0.6) is 0 Å². The normalized spacial score (nSPS) is 19.6. The van der Waals surface area contributed by atoms with Gasteiger partial charge in [-0.3, -0.25) is 4.55 Å². The van der Waals surface area contributed by atoms with Crippen molar-refractivity contribution in [1.29, 1.82) is 0 Å². The van der Waals surface area contributed by atoms with Crippen molar-refractivity contribution in [2.24, 2.45) is 0 Å². The second-order valence-corrected chi connectivity index (χ2v) is 3.54. The molecule has 1 rings (SSSR count). The molecule has 0 aliphatic carbocycles. The lowest BCUT2D eigenvalue weighted by atomic mass is 10.4. The molecule has 0 spiro atoms. The highest BCUT2D eigenvalue weighted by atomic mass is 32.2. The summed E-state index contributed by atoms with van der Waals surface area (Å²) in [5.41, 5.74) is 0. The molecule has 0 bridgehead atoms. The molecule has 1 aliphatic rings. The van der Waals surface area contributed by atoms with Gasteiger partial charge in [0.2, 0.25) is 0 Å². The molecule has 1 saturated heterocycles. The van der Waals surface area contributed by atoms with Crippen LogP contribution in [-0.4, -0.2) is 43.5 Å². The lowest BCUT2D eigenvalue weighted by molar-refractivity contribution is 0.319. The van der Waals surface area contributed by atoms with Crippen molar-refractivity contribution in [3.05, 3.63) is 0 Å². The zero-order valence-corrected chi connectivity index (χ0v) is 8.26. The summed E-state index contributed by atoms with van der Waals surface area (Å²) in [4.78, 5) is 0. The molecule has 2 N–H and O–H groups in total. The van der Waals surface area contributed by atoms with Crippen LogP contribution in [0.15, 0.2) is 0 Å². The highest BCUT2D eigenvalue weighted by Gasteiger charge is 2.19. The Bertz CT molecular complexity index is 197. The molecule has 0 saturated carbocycles. The third-order valence-corrected chi connectivity index (χ3v) is 2.42. The van der Waals surface area contributed by atoms with E-state index in [-0.39, 0.29) is 0 Å². The monoisotopic (exact) mass is 196 g/mol. The minimum Gasteiger partial charge on any atom is -0.314 e. The van der Waals surface area contributed by atoms with Crippen LogP contribution < -0.4 is 5.32 Å². The lowest BCUT2D eigenvalue weighted by Gasteiger charge is -2.23. The van der Waals surface area contributed by atoms with Gasteiger partial charge in [0.15, 0.2) is 0 Å². The standard InChI is InChI=1S/C4H10N2O3S.C2H6/c7-10(8,9)6-3-1-5-2-4-6;1-2/h5H,1-4H2,(H,7,8,9);1-2H3. The largest absolute Gasteiger partial charge is 0.335 e. The van der Waals surface area contributed by atoms with Crippen LogP contribution >= 0.6 is 0 Å². The summed E-state index contributed by atoms with van der Waals surface area (Å²) >= 11 is 0. The maximum Gasteiger partial charge on any atom is 0.335 e. The molecule has 1 heterocycles. The molecule has 0 radical (unpaired) electrons. The molecule has 0 aromatic carbocycles. The van der Waals surface area contributed by atoms with Gasteiger partial charge in [0.05, 0.1) is 0 Å². The van der Waals surface area contributed by atoms with Crippen LogP contribution in [0.1, 0.15) is 13.8 Å². The Morgan fingerprint density at radius 1 is 1.25 bits per heavy atom. The van der Waals surface area contributed by atoms with Gasteiger partial charge in [-0.1, -0.05) is 13.8 Å². The first-order chi connectivity index (χ1) is 5.61. The summed E-state index contributed by atoms with van der Waals surface area (Å²) < 4.78 is 30.4. The molecular formula is C6H16N2O3S. The fourth-order valence-corrected chi connectivity index (χ4v) is 1.52. The van der Waals surface area contributed by atoms with Crippen molar-refractivity contribution >= 4 is 10.3 Å². The van der Waals surface area contributed by atoms with Gasteiger partial charge in [-0.25, -0.2) is 0 Å². The summed E-state index contributed by atoms with van der Waals surface area (Å²) in [6.45, 7) is 5.94. The van der Waals surface area contributed by atoms with Gasteiger partial charge in [0.1, 0.15) is 0 Å². The molecule has 0 aromatic rings. The topological polar surface area (TPSA) is 69.6 Å². The molecular weight excluding hydrogens is 180 g/mol. The van der Waals surface area contributed by atoms with Crippen LogP contribution in [0.25, 0.3) is 0 Å². The number of piperazine rings is 1. The van der Waals surface area contributed by atoms with E-state index in [0.717, 1.165) is 4.31 Å². The molecule has 1 fully saturated rings. The van der Waals surface area contributed by atoms with Gasteiger partial charge in [-0.2, -0.15) is 12.7 Å². The summed E-state index contributed by atoms with van der Waals surface area (Å²) in [6, 6.07) is 0. The Kier molecular flexibility index (Phi) is 5.39. The Hall–Kier alpha value is -0.170. The smallest absolute Gasteiger partial charge is 0.314 e. The van der Waals surface area contributed by atoms with Crippen molar-refractivity contribution in [2.75, 3.05) is 26.2 Å². The van der Waals surface area contributed by atoms with Crippen molar-refractivity contribution in [3.63, 3.8) is 0 Å². The molecule has 6 heteroatoms. The van der Waals surface area contributed by atoms with E-state index >= 15 is 0 Å². The molecule has 0 atom stereocenters. The van der Waals surface area contributed by atoms with Crippen molar-refractivity contribution in [3.8, 4) is 0 Å². The fraction of sp³-hybridized carbons (Fsp3) is 1.00. The number of hydrogen-bond donors (Lipinski definition) is 2. The number of hydrogen-bond acceptors (Lipinski definition) is 3. The van der Waals surface area contributed by atoms with Gasteiger partial charge in [-0.05, 0) is 0 Å². The first-order valence-electron chi connectivity index (χ1n) is 4.04. The molecule has 12 heavy (non-hydrogen) atoms. The molecule has 0 unspecified atom stereocenters. The molecule has 5 nitrogen and oxygen atoms in total. The minimum absolute atomic E-state index is 0.360. The third kappa shape index (κ3) is 4.01. The van der Waals surface area contributed by atoms with E-state index in [4.69, 9.17) is 4.55 Å². The van der Waals surface area contributed by atoms with Gasteiger partial charge < -0.3 is 5.32 Å². The highest BCUT2D eigenvalue weighted by Crippen LogP contribution is 1.97. The number of nitrogens with zero attached hydrogens (tertiary/aromatic N) is 1. The van der Waals surface area contributed by atoms with Gasteiger partial charge >= 0.3 is 10.3 Å². The van der Waals surface area contributed by atoms with E-state index in [1.807, 2.05) is 13.8 Å². The molecule has 1 aliphatic heterocycles. The zero-order chi connectivity index (χ0) is 9.61. The average Bonchev–Trinajstić information content (AvgIpc) is 2.08. The van der Waals surface area contributed by atoms with Gasteiger partial charge in [0, 0.05) is 26.2 Å². The van der Waals surface area contributed by atoms with Crippen LogP contribution in [-0.2, 0) is 10.3 Å². The molecule has 0 aromatic heterocycles. The van der Waals surface area contributed by atoms with Gasteiger partial charge in [-0.15, -0.1) is 0 Å². The van der Waals surface area contributed by atoms with E-state index in [0.29, 0.717) is 26.2 Å². The quantitative estimate of drug-likeness (QED) is 0.566. The van der Waals surface area contributed by atoms with Crippen LogP contribution in [0, 0.1) is 0 Å². The third-order valence-electron chi connectivity index (χ3n) is 1.40. The van der Waals surface area contributed by atoms with Gasteiger partial charge in [0.25, 0.3) is 0 Å². The molecule has 0 amide bonds. The van der Waals surface area contributed by atoms with Crippen molar-refractivity contribution in [2.45, 2.75) is 13.8 Å². The minimum atomic E-state index is -3.93. The second kappa shape index (κ2) is 5.47. The maximum absolute atomic E-state index is 10.4. The van der Waals surface area contributed by atoms with E-state index < -0.39 is 10.3 Å². The summed E-state index contributed by atoms with van der Waals surface area (Å²) in [6.07, 6.45) is 0. The first-order valence-corrected chi connectivity index (χ1v) is 5.44. The average molecular weight is 196 g/mol. The van der Waals surface area contributed by atoms with Crippen molar-refractivity contribution in [1.82, 2.24) is 9.62 Å². The first kappa shape index (κ1) is 11.8. The lowest BCUT2D eigenvalue weighted by Crippen LogP contribution is -2.46. The number of rotatable bonds is 1. The van der Waals surface area contributed by atoms with Crippen LogP contribution in [0.2, 0.25) is 0 Å². The molecule has 74 valence electrons. The summed E-state index contributed by atoms with van der Waals surface area (Å²) in [5.74, 6) is 0. The number of nitrogens with one attached hydrogen (secondary N) is 1. The Morgan fingerprint density at radius 2 is 1.67 bits per heavy atom. The summed E-state index contributed by atoms with van der Waals surface area (Å²) in [5, 5.41) is 2.97. The maximum atomic E-state index is 10.4. The predicted octanol–water partition coefficient (Wildman–Crippen LogP) is -0.279. The predicted molar refractivity (Wildman–Crippen MR) is 47.3 cm³/mol. The van der Waals surface area contributed by atoms with Crippen LogP contribution in [0.3, 0.4) is 0 Å². The Balaban J connectivity index is 0.000000561.